The molecule has 0 aliphatic carbocycles. The van der Waals surface area contributed by atoms with Crippen molar-refractivity contribution in [3.63, 3.8) is 0 Å². The zero-order valence-corrected chi connectivity index (χ0v) is 19.2. The first kappa shape index (κ1) is 22.3. The van der Waals surface area contributed by atoms with Crippen molar-refractivity contribution in [1.29, 1.82) is 0 Å². The summed E-state index contributed by atoms with van der Waals surface area (Å²) in [6, 6.07) is 11.5. The van der Waals surface area contributed by atoms with Crippen LogP contribution in [0.2, 0.25) is 0 Å². The largest absolute Gasteiger partial charge is 0.598 e. The smallest absolute Gasteiger partial charge is 0.264 e. The number of hydrogen-bond donors (Lipinski definition) is 1. The number of nitrogens with zero attached hydrogens (tertiary/aromatic N) is 2. The van der Waals surface area contributed by atoms with E-state index in [9.17, 15) is 9.35 Å². The molecule has 2 heterocycles. The zero-order valence-electron chi connectivity index (χ0n) is 18.4. The minimum Gasteiger partial charge on any atom is -0.598 e. The lowest BCUT2D eigenvalue weighted by molar-refractivity contribution is 0.291. The molecular formula is C23H29N3O3S. The molecule has 0 saturated heterocycles. The molecule has 0 amide bonds. The topological polar surface area (TPSA) is 78.7 Å². The van der Waals surface area contributed by atoms with Crippen LogP contribution in [0.3, 0.4) is 0 Å². The molecule has 0 fully saturated rings. The number of pyridine rings is 1. The van der Waals surface area contributed by atoms with Crippen LogP contribution in [0.1, 0.15) is 56.0 Å². The predicted octanol–water partition coefficient (Wildman–Crippen LogP) is 4.00. The Bertz CT molecular complexity index is 1090. The Kier molecular flexibility index (Phi) is 6.55. The third kappa shape index (κ3) is 4.86. The van der Waals surface area contributed by atoms with Gasteiger partial charge in [-0.15, -0.1) is 4.72 Å². The van der Waals surface area contributed by atoms with E-state index in [1.807, 2.05) is 71.0 Å². The Labute approximate surface area is 180 Å². The van der Waals surface area contributed by atoms with E-state index in [-0.39, 0.29) is 11.6 Å². The molecule has 7 heteroatoms. The molecule has 0 aliphatic heterocycles. The monoisotopic (exact) mass is 427 g/mol. The van der Waals surface area contributed by atoms with Crippen LogP contribution in [0.15, 0.2) is 47.4 Å². The van der Waals surface area contributed by atoms with Gasteiger partial charge in [-0.25, -0.2) is 0 Å². The molecule has 2 atom stereocenters. The fourth-order valence-corrected chi connectivity index (χ4v) is 3.86. The molecule has 0 radical (unpaired) electrons. The lowest BCUT2D eigenvalue weighted by Gasteiger charge is -2.27. The van der Waals surface area contributed by atoms with Crippen molar-refractivity contribution in [3.05, 3.63) is 75.2 Å². The van der Waals surface area contributed by atoms with E-state index in [1.165, 1.54) is 0 Å². The van der Waals surface area contributed by atoms with Gasteiger partial charge in [-0.05, 0) is 58.7 Å². The van der Waals surface area contributed by atoms with Gasteiger partial charge in [0.25, 0.3) is 5.56 Å². The standard InChI is InChI=1S/C23H29N3O3S/c1-15-12-19(17(3)25-30(28)23(4,5)6)20-24-21(16(2)22(27)26(20)13-15)29-14-18-10-8-7-9-11-18/h7-13,17,25H,14H2,1-6H3/t17-,30-/m1/s1. The van der Waals surface area contributed by atoms with Crippen molar-refractivity contribution in [2.75, 3.05) is 0 Å². The number of fused-ring (bicyclic) bond motifs is 1. The number of hydrogen-bond acceptors (Lipinski definition) is 5. The van der Waals surface area contributed by atoms with Crippen LogP contribution >= 0.6 is 0 Å². The van der Waals surface area contributed by atoms with E-state index >= 15 is 0 Å². The molecule has 6 nitrogen and oxygen atoms in total. The van der Waals surface area contributed by atoms with E-state index < -0.39 is 16.1 Å². The summed E-state index contributed by atoms with van der Waals surface area (Å²) in [5, 5.41) is 0. The molecule has 30 heavy (non-hydrogen) atoms. The minimum absolute atomic E-state index is 0.169. The van der Waals surface area contributed by atoms with Gasteiger partial charge in [0.15, 0.2) is 0 Å². The molecule has 1 N–H and O–H groups in total. The molecule has 0 aliphatic rings. The van der Waals surface area contributed by atoms with Crippen molar-refractivity contribution in [3.8, 4) is 5.88 Å². The molecule has 0 saturated carbocycles. The SMILES string of the molecule is Cc1cc([C@@H](C)N[S@+]([O-])C(C)(C)C)c2nc(OCc3ccccc3)c(C)c(=O)n2c1. The number of ether oxygens (including phenoxy) is 1. The van der Waals surface area contributed by atoms with Gasteiger partial charge in [0.1, 0.15) is 17.0 Å². The van der Waals surface area contributed by atoms with Crippen molar-refractivity contribution < 1.29 is 9.29 Å². The zero-order chi connectivity index (χ0) is 22.1. The van der Waals surface area contributed by atoms with Crippen LogP contribution in [0, 0.1) is 13.8 Å². The van der Waals surface area contributed by atoms with Gasteiger partial charge in [0.2, 0.25) is 5.88 Å². The Hall–Kier alpha value is -2.35. The minimum atomic E-state index is -1.26. The lowest BCUT2D eigenvalue weighted by atomic mass is 10.1. The van der Waals surface area contributed by atoms with E-state index in [1.54, 1.807) is 17.5 Å². The van der Waals surface area contributed by atoms with Crippen LogP contribution < -0.4 is 15.0 Å². The summed E-state index contributed by atoms with van der Waals surface area (Å²) >= 11 is -1.26. The lowest BCUT2D eigenvalue weighted by Crippen LogP contribution is -2.40. The molecule has 2 aromatic heterocycles. The van der Waals surface area contributed by atoms with Gasteiger partial charge in [-0.1, -0.05) is 30.3 Å². The maximum atomic E-state index is 13.0. The summed E-state index contributed by atoms with van der Waals surface area (Å²) in [4.78, 5) is 17.7. The second-order valence-corrected chi connectivity index (χ2v) is 10.5. The first-order chi connectivity index (χ1) is 14.1. The molecule has 3 rings (SSSR count). The number of aryl methyl sites for hydroxylation is 1. The number of nitrogens with one attached hydrogen (secondary N) is 1. The number of rotatable bonds is 6. The fraction of sp³-hybridized carbons (Fsp3) is 0.391. The summed E-state index contributed by atoms with van der Waals surface area (Å²) in [6.07, 6.45) is 1.77. The first-order valence-electron chi connectivity index (χ1n) is 9.96. The summed E-state index contributed by atoms with van der Waals surface area (Å²) < 4.78 is 22.8. The Morgan fingerprint density at radius 2 is 1.90 bits per heavy atom. The van der Waals surface area contributed by atoms with Crippen LogP contribution in [-0.4, -0.2) is 18.7 Å². The van der Waals surface area contributed by atoms with Crippen molar-refractivity contribution in [2.45, 2.75) is 58.9 Å². The third-order valence-corrected chi connectivity index (χ3v) is 6.48. The average molecular weight is 428 g/mol. The van der Waals surface area contributed by atoms with Crippen molar-refractivity contribution in [2.24, 2.45) is 0 Å². The molecule has 160 valence electrons. The van der Waals surface area contributed by atoms with E-state index in [0.29, 0.717) is 23.7 Å². The summed E-state index contributed by atoms with van der Waals surface area (Å²) in [5.74, 6) is 0.318. The molecule has 0 bridgehead atoms. The molecular weight excluding hydrogens is 398 g/mol. The highest BCUT2D eigenvalue weighted by atomic mass is 32.2. The summed E-state index contributed by atoms with van der Waals surface area (Å²) in [7, 11) is 0. The van der Waals surface area contributed by atoms with Gasteiger partial charge in [0.05, 0.1) is 11.6 Å². The molecule has 0 spiro atoms. The highest BCUT2D eigenvalue weighted by Gasteiger charge is 2.29. The average Bonchev–Trinajstić information content (AvgIpc) is 2.69. The van der Waals surface area contributed by atoms with Gasteiger partial charge in [-0.2, -0.15) is 4.98 Å². The maximum absolute atomic E-state index is 13.0. The van der Waals surface area contributed by atoms with Gasteiger partial charge < -0.3 is 9.29 Å². The number of benzene rings is 1. The normalized spacial score (nSPS) is 14.0. The molecule has 1 aromatic carbocycles. The van der Waals surface area contributed by atoms with Crippen molar-refractivity contribution >= 4 is 17.0 Å². The Morgan fingerprint density at radius 3 is 2.53 bits per heavy atom. The molecule has 0 unspecified atom stereocenters. The van der Waals surface area contributed by atoms with Crippen molar-refractivity contribution in [1.82, 2.24) is 14.1 Å². The van der Waals surface area contributed by atoms with E-state index in [4.69, 9.17) is 4.74 Å². The van der Waals surface area contributed by atoms with Crippen LogP contribution in [0.5, 0.6) is 5.88 Å². The third-order valence-electron chi connectivity index (χ3n) is 4.80. The Balaban J connectivity index is 2.03. The molecule has 3 aromatic rings. The Morgan fingerprint density at radius 1 is 1.23 bits per heavy atom. The van der Waals surface area contributed by atoms with E-state index in [2.05, 4.69) is 9.71 Å². The van der Waals surface area contributed by atoms with Gasteiger partial charge in [-0.3, -0.25) is 9.20 Å². The second kappa shape index (κ2) is 8.79. The van der Waals surface area contributed by atoms with Gasteiger partial charge in [0, 0.05) is 23.1 Å². The highest BCUT2D eigenvalue weighted by molar-refractivity contribution is 7.90. The summed E-state index contributed by atoms with van der Waals surface area (Å²) in [6.45, 7) is 11.6. The maximum Gasteiger partial charge on any atom is 0.264 e. The summed E-state index contributed by atoms with van der Waals surface area (Å²) in [5.41, 5.74) is 3.52. The van der Waals surface area contributed by atoms with Crippen LogP contribution in [0.25, 0.3) is 5.65 Å². The number of aromatic nitrogens is 2. The predicted molar refractivity (Wildman–Crippen MR) is 121 cm³/mol. The first-order valence-corrected chi connectivity index (χ1v) is 11.1. The van der Waals surface area contributed by atoms with Crippen LogP contribution in [-0.2, 0) is 18.0 Å². The van der Waals surface area contributed by atoms with Gasteiger partial charge >= 0.3 is 0 Å². The van der Waals surface area contributed by atoms with Crippen LogP contribution in [0.4, 0.5) is 0 Å². The fourth-order valence-electron chi connectivity index (χ4n) is 3.06. The quantitative estimate of drug-likeness (QED) is 0.602. The van der Waals surface area contributed by atoms with E-state index in [0.717, 1.165) is 16.7 Å². The second-order valence-electron chi connectivity index (χ2n) is 8.51. The highest BCUT2D eigenvalue weighted by Crippen LogP contribution is 2.25.